The number of carbonyl (C=O) groups is 1. The van der Waals surface area contributed by atoms with Crippen LogP contribution in [0, 0.1) is 0 Å². The molecule has 126 valence electrons. The molecule has 0 bridgehead atoms. The van der Waals surface area contributed by atoms with Crippen molar-refractivity contribution in [3.05, 3.63) is 66.5 Å². The summed E-state index contributed by atoms with van der Waals surface area (Å²) in [4.78, 5) is 23.3. The fraction of sp³-hybridized carbons (Fsp3) is 0.250. The third-order valence-corrected chi connectivity index (χ3v) is 4.66. The molecule has 1 aromatic carbocycles. The van der Waals surface area contributed by atoms with Crippen LogP contribution >= 0.6 is 0 Å². The molecule has 1 aliphatic rings. The van der Waals surface area contributed by atoms with E-state index < -0.39 is 0 Å². The fourth-order valence-electron chi connectivity index (χ4n) is 3.25. The highest BCUT2D eigenvalue weighted by Gasteiger charge is 2.22. The first-order valence-corrected chi connectivity index (χ1v) is 8.61. The summed E-state index contributed by atoms with van der Waals surface area (Å²) in [6.07, 6.45) is 5.11. The smallest absolute Gasteiger partial charge is 0.253 e. The monoisotopic (exact) mass is 332 g/mol. The first kappa shape index (κ1) is 15.6. The first-order valence-electron chi connectivity index (χ1n) is 8.61. The van der Waals surface area contributed by atoms with Crippen LogP contribution in [0.2, 0.25) is 0 Å². The van der Waals surface area contributed by atoms with Gasteiger partial charge in [-0.25, -0.2) is 4.98 Å². The zero-order valence-electron chi connectivity index (χ0n) is 13.9. The second kappa shape index (κ2) is 6.89. The van der Waals surface area contributed by atoms with Gasteiger partial charge in [-0.05, 0) is 43.2 Å². The Morgan fingerprint density at radius 1 is 1.04 bits per heavy atom. The van der Waals surface area contributed by atoms with Gasteiger partial charge in [0.1, 0.15) is 5.82 Å². The molecule has 2 aromatic heterocycles. The molecule has 0 atom stereocenters. The number of pyridine rings is 2. The molecule has 0 aliphatic carbocycles. The van der Waals surface area contributed by atoms with Crippen molar-refractivity contribution in [2.24, 2.45) is 0 Å². The van der Waals surface area contributed by atoms with Crippen LogP contribution in [0.25, 0.3) is 10.9 Å². The van der Waals surface area contributed by atoms with Gasteiger partial charge in [0.25, 0.3) is 5.91 Å². The van der Waals surface area contributed by atoms with Gasteiger partial charge in [0, 0.05) is 36.9 Å². The summed E-state index contributed by atoms with van der Waals surface area (Å²) >= 11 is 0. The van der Waals surface area contributed by atoms with Crippen LogP contribution in [0.1, 0.15) is 23.2 Å². The molecule has 3 heterocycles. The zero-order chi connectivity index (χ0) is 17.1. The van der Waals surface area contributed by atoms with Crippen LogP contribution in [-0.4, -0.2) is 35.0 Å². The SMILES string of the molecule is O=C(NC1CCN(c2ccc3ccccc3n2)CC1)c1cccnc1. The predicted octanol–water partition coefficient (Wildman–Crippen LogP) is 3.03. The standard InChI is InChI=1S/C20H20N4O/c25-20(16-5-3-11-21-14-16)22-17-9-12-24(13-10-17)19-8-7-15-4-1-2-6-18(15)23-19/h1-8,11,14,17H,9-10,12-13H2,(H,22,25). The van der Waals surface area contributed by atoms with Crippen LogP contribution in [0.3, 0.4) is 0 Å². The largest absolute Gasteiger partial charge is 0.356 e. The van der Waals surface area contributed by atoms with Gasteiger partial charge in [0.05, 0.1) is 11.1 Å². The van der Waals surface area contributed by atoms with E-state index in [0.29, 0.717) is 5.56 Å². The number of rotatable bonds is 3. The van der Waals surface area contributed by atoms with E-state index >= 15 is 0 Å². The van der Waals surface area contributed by atoms with E-state index in [0.717, 1.165) is 42.7 Å². The third-order valence-electron chi connectivity index (χ3n) is 4.66. The van der Waals surface area contributed by atoms with Gasteiger partial charge in [-0.2, -0.15) is 0 Å². The van der Waals surface area contributed by atoms with E-state index in [1.807, 2.05) is 18.2 Å². The van der Waals surface area contributed by atoms with E-state index in [9.17, 15) is 4.79 Å². The quantitative estimate of drug-likeness (QED) is 0.801. The second-order valence-electron chi connectivity index (χ2n) is 6.34. The number of carbonyl (C=O) groups excluding carboxylic acids is 1. The summed E-state index contributed by atoms with van der Waals surface area (Å²) in [6.45, 7) is 1.78. The second-order valence-corrected chi connectivity index (χ2v) is 6.34. The summed E-state index contributed by atoms with van der Waals surface area (Å²) in [7, 11) is 0. The number of aromatic nitrogens is 2. The van der Waals surface area contributed by atoms with Crippen LogP contribution in [-0.2, 0) is 0 Å². The summed E-state index contributed by atoms with van der Waals surface area (Å²) in [5, 5.41) is 4.27. The van der Waals surface area contributed by atoms with E-state index in [1.54, 1.807) is 24.5 Å². The maximum Gasteiger partial charge on any atom is 0.253 e. The van der Waals surface area contributed by atoms with Crippen molar-refractivity contribution >= 4 is 22.6 Å². The molecule has 1 fully saturated rings. The molecular weight excluding hydrogens is 312 g/mol. The number of para-hydroxylation sites is 1. The fourth-order valence-corrected chi connectivity index (χ4v) is 3.25. The number of hydrogen-bond donors (Lipinski definition) is 1. The molecule has 1 saturated heterocycles. The number of nitrogens with zero attached hydrogens (tertiary/aromatic N) is 3. The molecule has 0 saturated carbocycles. The molecule has 1 amide bonds. The molecule has 1 N–H and O–H groups in total. The van der Waals surface area contributed by atoms with Gasteiger partial charge >= 0.3 is 0 Å². The van der Waals surface area contributed by atoms with Crippen molar-refractivity contribution in [3.8, 4) is 0 Å². The number of hydrogen-bond acceptors (Lipinski definition) is 4. The van der Waals surface area contributed by atoms with Crippen LogP contribution in [0.5, 0.6) is 0 Å². The lowest BCUT2D eigenvalue weighted by Gasteiger charge is -2.33. The molecular formula is C20H20N4O. The average molecular weight is 332 g/mol. The minimum atomic E-state index is -0.0459. The van der Waals surface area contributed by atoms with Crippen molar-refractivity contribution in [1.82, 2.24) is 15.3 Å². The summed E-state index contributed by atoms with van der Waals surface area (Å²) in [6, 6.07) is 16.1. The first-order chi connectivity index (χ1) is 12.3. The number of benzene rings is 1. The minimum absolute atomic E-state index is 0.0459. The highest BCUT2D eigenvalue weighted by molar-refractivity contribution is 5.94. The van der Waals surface area contributed by atoms with Crippen molar-refractivity contribution in [3.63, 3.8) is 0 Å². The lowest BCUT2D eigenvalue weighted by Crippen LogP contribution is -2.45. The van der Waals surface area contributed by atoms with E-state index in [1.165, 1.54) is 0 Å². The normalized spacial score (nSPS) is 15.3. The van der Waals surface area contributed by atoms with Crippen molar-refractivity contribution < 1.29 is 4.79 Å². The van der Waals surface area contributed by atoms with Crippen molar-refractivity contribution in [2.75, 3.05) is 18.0 Å². The van der Waals surface area contributed by atoms with Crippen LogP contribution < -0.4 is 10.2 Å². The number of nitrogens with one attached hydrogen (secondary N) is 1. The highest BCUT2D eigenvalue weighted by Crippen LogP contribution is 2.21. The minimum Gasteiger partial charge on any atom is -0.356 e. The molecule has 0 radical (unpaired) electrons. The number of anilines is 1. The molecule has 0 unspecified atom stereocenters. The van der Waals surface area contributed by atoms with Gasteiger partial charge in [0.15, 0.2) is 0 Å². The molecule has 0 spiro atoms. The Morgan fingerprint density at radius 2 is 1.88 bits per heavy atom. The molecule has 5 heteroatoms. The average Bonchev–Trinajstić information content (AvgIpc) is 2.69. The number of amides is 1. The van der Waals surface area contributed by atoms with E-state index in [2.05, 4.69) is 33.4 Å². The van der Waals surface area contributed by atoms with Crippen LogP contribution in [0.15, 0.2) is 60.9 Å². The number of fused-ring (bicyclic) bond motifs is 1. The Kier molecular flexibility index (Phi) is 4.29. The molecule has 3 aromatic rings. The molecule has 25 heavy (non-hydrogen) atoms. The summed E-state index contributed by atoms with van der Waals surface area (Å²) in [5.74, 6) is 0.964. The topological polar surface area (TPSA) is 58.1 Å². The summed E-state index contributed by atoms with van der Waals surface area (Å²) < 4.78 is 0. The van der Waals surface area contributed by atoms with Gasteiger partial charge in [-0.15, -0.1) is 0 Å². The van der Waals surface area contributed by atoms with Gasteiger partial charge in [-0.3, -0.25) is 9.78 Å². The molecule has 5 nitrogen and oxygen atoms in total. The predicted molar refractivity (Wildman–Crippen MR) is 98.7 cm³/mol. The van der Waals surface area contributed by atoms with Gasteiger partial charge in [0.2, 0.25) is 0 Å². The highest BCUT2D eigenvalue weighted by atomic mass is 16.1. The molecule has 1 aliphatic heterocycles. The Balaban J connectivity index is 1.38. The Morgan fingerprint density at radius 3 is 2.68 bits per heavy atom. The Hall–Kier alpha value is -2.95. The molecule has 4 rings (SSSR count). The summed E-state index contributed by atoms with van der Waals surface area (Å²) in [5.41, 5.74) is 1.63. The zero-order valence-corrected chi connectivity index (χ0v) is 13.9. The van der Waals surface area contributed by atoms with E-state index in [4.69, 9.17) is 4.98 Å². The van der Waals surface area contributed by atoms with Gasteiger partial charge < -0.3 is 10.2 Å². The lowest BCUT2D eigenvalue weighted by atomic mass is 10.0. The third kappa shape index (κ3) is 3.45. The lowest BCUT2D eigenvalue weighted by molar-refractivity contribution is 0.0930. The van der Waals surface area contributed by atoms with Gasteiger partial charge in [-0.1, -0.05) is 18.2 Å². The maximum atomic E-state index is 12.2. The Bertz CT molecular complexity index is 873. The van der Waals surface area contributed by atoms with Crippen LogP contribution in [0.4, 0.5) is 5.82 Å². The maximum absolute atomic E-state index is 12.2. The van der Waals surface area contributed by atoms with E-state index in [-0.39, 0.29) is 11.9 Å². The number of piperidine rings is 1. The van der Waals surface area contributed by atoms with Crippen molar-refractivity contribution in [2.45, 2.75) is 18.9 Å². The van der Waals surface area contributed by atoms with Crippen molar-refractivity contribution in [1.29, 1.82) is 0 Å². The Labute approximate surface area is 146 Å².